The first-order chi connectivity index (χ1) is 7.81. The molecule has 4 nitrogen and oxygen atoms in total. The van der Waals surface area contributed by atoms with E-state index in [0.717, 1.165) is 8.68 Å². The van der Waals surface area contributed by atoms with E-state index in [0.29, 0.717) is 0 Å². The van der Waals surface area contributed by atoms with Gasteiger partial charge < -0.3 is 4.74 Å². The van der Waals surface area contributed by atoms with Gasteiger partial charge in [0.25, 0.3) is 0 Å². The molecule has 0 aliphatic rings. The molecule has 96 valence electrons. The molecule has 0 aliphatic carbocycles. The first-order valence-corrected chi connectivity index (χ1v) is 8.01. The molecule has 0 spiro atoms. The van der Waals surface area contributed by atoms with Crippen LogP contribution in [-0.2, 0) is 9.53 Å². The molecule has 0 aliphatic heterocycles. The van der Waals surface area contributed by atoms with Crippen molar-refractivity contribution in [2.24, 2.45) is 0 Å². The molecule has 0 radical (unpaired) electrons. The maximum atomic E-state index is 11.7. The molecule has 1 rings (SSSR count). The highest BCUT2D eigenvalue weighted by atomic mass is 32.2. The number of thioether (sulfide) groups is 2. The van der Waals surface area contributed by atoms with Crippen LogP contribution in [0.3, 0.4) is 0 Å². The first kappa shape index (κ1) is 14.8. The van der Waals surface area contributed by atoms with Gasteiger partial charge in [-0.15, -0.1) is 10.2 Å². The summed E-state index contributed by atoms with van der Waals surface area (Å²) in [5, 5.41) is 7.72. The first-order valence-electron chi connectivity index (χ1n) is 5.09. The fourth-order valence-electron chi connectivity index (χ4n) is 0.911. The number of ether oxygens (including phenoxy) is 1. The number of carbonyl (C=O) groups is 1. The summed E-state index contributed by atoms with van der Waals surface area (Å²) < 4.78 is 7.00. The summed E-state index contributed by atoms with van der Waals surface area (Å²) in [5.41, 5.74) is -0.447. The molecule has 1 unspecified atom stereocenters. The van der Waals surface area contributed by atoms with E-state index in [1.54, 1.807) is 11.8 Å². The smallest absolute Gasteiger partial charge is 0.319 e. The molecule has 1 aromatic heterocycles. The molecular formula is C10H16N2O2S3. The summed E-state index contributed by atoms with van der Waals surface area (Å²) in [7, 11) is 0. The van der Waals surface area contributed by atoms with Crippen LogP contribution >= 0.6 is 34.9 Å². The minimum absolute atomic E-state index is 0.219. The van der Waals surface area contributed by atoms with Crippen LogP contribution in [-0.4, -0.2) is 33.3 Å². The van der Waals surface area contributed by atoms with Gasteiger partial charge in [0.15, 0.2) is 8.68 Å². The van der Waals surface area contributed by atoms with Crippen molar-refractivity contribution in [1.82, 2.24) is 10.2 Å². The van der Waals surface area contributed by atoms with Crippen molar-refractivity contribution < 1.29 is 9.53 Å². The van der Waals surface area contributed by atoms with E-state index in [-0.39, 0.29) is 11.2 Å². The second-order valence-corrected chi connectivity index (χ2v) is 7.95. The third-order valence-corrected chi connectivity index (χ3v) is 4.64. The van der Waals surface area contributed by atoms with E-state index >= 15 is 0 Å². The zero-order chi connectivity index (χ0) is 13.1. The minimum Gasteiger partial charge on any atom is -0.459 e. The van der Waals surface area contributed by atoms with Crippen molar-refractivity contribution in [2.45, 2.75) is 47.2 Å². The van der Waals surface area contributed by atoms with E-state index in [2.05, 4.69) is 10.2 Å². The van der Waals surface area contributed by atoms with Crippen LogP contribution in [0.4, 0.5) is 0 Å². The highest BCUT2D eigenvalue weighted by molar-refractivity contribution is 8.03. The van der Waals surface area contributed by atoms with Crippen molar-refractivity contribution in [3.05, 3.63) is 0 Å². The van der Waals surface area contributed by atoms with Gasteiger partial charge in [-0.2, -0.15) is 0 Å². The zero-order valence-corrected chi connectivity index (χ0v) is 13.0. The summed E-state index contributed by atoms with van der Waals surface area (Å²) in [6, 6.07) is 0. The Labute approximate surface area is 114 Å². The third kappa shape index (κ3) is 5.27. The molecule has 17 heavy (non-hydrogen) atoms. The standard InChI is InChI=1S/C10H16N2O2S3/c1-6(7(13)14-10(2,3)4)16-9-12-11-8(15-5)17-9/h6H,1-5H3. The number of nitrogens with zero attached hydrogens (tertiary/aromatic N) is 2. The summed E-state index contributed by atoms with van der Waals surface area (Å²) in [6.07, 6.45) is 1.95. The number of aromatic nitrogens is 2. The largest absolute Gasteiger partial charge is 0.459 e. The summed E-state index contributed by atoms with van der Waals surface area (Å²) in [5.74, 6) is -0.219. The quantitative estimate of drug-likeness (QED) is 0.628. The van der Waals surface area contributed by atoms with Crippen LogP contribution in [0.15, 0.2) is 8.68 Å². The van der Waals surface area contributed by atoms with E-state index in [4.69, 9.17) is 4.74 Å². The van der Waals surface area contributed by atoms with Crippen LogP contribution in [0.2, 0.25) is 0 Å². The van der Waals surface area contributed by atoms with Crippen LogP contribution in [0.25, 0.3) is 0 Å². The monoisotopic (exact) mass is 292 g/mol. The Balaban J connectivity index is 2.54. The lowest BCUT2D eigenvalue weighted by Gasteiger charge is -2.21. The number of carbonyl (C=O) groups excluding carboxylic acids is 1. The van der Waals surface area contributed by atoms with Gasteiger partial charge >= 0.3 is 5.97 Å². The fraction of sp³-hybridized carbons (Fsp3) is 0.700. The Kier molecular flexibility index (Phi) is 5.27. The maximum Gasteiger partial charge on any atom is 0.319 e. The maximum absolute atomic E-state index is 11.7. The predicted octanol–water partition coefficient (Wildman–Crippen LogP) is 3.08. The Morgan fingerprint density at radius 1 is 1.35 bits per heavy atom. The molecule has 7 heteroatoms. The van der Waals surface area contributed by atoms with Crippen molar-refractivity contribution in [3.63, 3.8) is 0 Å². The molecule has 0 aromatic carbocycles. The molecule has 0 fully saturated rings. The van der Waals surface area contributed by atoms with Gasteiger partial charge in [-0.3, -0.25) is 4.79 Å². The van der Waals surface area contributed by atoms with E-state index in [1.807, 2.05) is 34.0 Å². The highest BCUT2D eigenvalue weighted by Crippen LogP contribution is 2.30. The Hall–Kier alpha value is -0.270. The number of rotatable bonds is 4. The number of hydrogen-bond acceptors (Lipinski definition) is 7. The van der Waals surface area contributed by atoms with Crippen molar-refractivity contribution in [1.29, 1.82) is 0 Å². The Morgan fingerprint density at radius 3 is 2.41 bits per heavy atom. The van der Waals surface area contributed by atoms with Crippen molar-refractivity contribution in [3.8, 4) is 0 Å². The van der Waals surface area contributed by atoms with Gasteiger partial charge in [0.05, 0.1) is 0 Å². The van der Waals surface area contributed by atoms with E-state index in [9.17, 15) is 4.79 Å². The summed E-state index contributed by atoms with van der Waals surface area (Å²) in [4.78, 5) is 11.7. The SMILES string of the molecule is CSc1nnc(SC(C)C(=O)OC(C)(C)C)s1. The molecule has 1 heterocycles. The minimum atomic E-state index is -0.447. The zero-order valence-electron chi connectivity index (χ0n) is 10.5. The second kappa shape index (κ2) is 6.06. The Bertz CT molecular complexity index is 387. The highest BCUT2D eigenvalue weighted by Gasteiger charge is 2.23. The van der Waals surface area contributed by atoms with E-state index in [1.165, 1.54) is 23.1 Å². The molecule has 1 atom stereocenters. The average molecular weight is 292 g/mol. The predicted molar refractivity (Wildman–Crippen MR) is 72.9 cm³/mol. The van der Waals surface area contributed by atoms with Crippen LogP contribution < -0.4 is 0 Å². The third-order valence-electron chi connectivity index (χ3n) is 1.58. The normalized spacial score (nSPS) is 13.5. The number of hydrogen-bond donors (Lipinski definition) is 0. The molecule has 0 amide bonds. The second-order valence-electron chi connectivity index (χ2n) is 4.33. The van der Waals surface area contributed by atoms with Crippen molar-refractivity contribution in [2.75, 3.05) is 6.26 Å². The van der Waals surface area contributed by atoms with Gasteiger partial charge in [-0.25, -0.2) is 0 Å². The molecule has 0 bridgehead atoms. The topological polar surface area (TPSA) is 52.1 Å². The Morgan fingerprint density at radius 2 is 1.94 bits per heavy atom. The van der Waals surface area contributed by atoms with Gasteiger partial charge in [0.1, 0.15) is 10.9 Å². The van der Waals surface area contributed by atoms with Gasteiger partial charge in [-0.05, 0) is 34.0 Å². The molecular weight excluding hydrogens is 276 g/mol. The number of esters is 1. The average Bonchev–Trinajstić information content (AvgIpc) is 2.62. The van der Waals surface area contributed by atoms with Crippen LogP contribution in [0.5, 0.6) is 0 Å². The summed E-state index contributed by atoms with van der Waals surface area (Å²) in [6.45, 7) is 7.40. The lowest BCUT2D eigenvalue weighted by Crippen LogP contribution is -2.28. The van der Waals surface area contributed by atoms with Gasteiger partial charge in [0.2, 0.25) is 0 Å². The molecule has 0 N–H and O–H groups in total. The van der Waals surface area contributed by atoms with Crippen LogP contribution in [0.1, 0.15) is 27.7 Å². The van der Waals surface area contributed by atoms with Gasteiger partial charge in [0, 0.05) is 0 Å². The lowest BCUT2D eigenvalue weighted by molar-refractivity contribution is -0.153. The summed E-state index contributed by atoms with van der Waals surface area (Å²) >= 11 is 4.43. The van der Waals surface area contributed by atoms with Gasteiger partial charge in [-0.1, -0.05) is 34.9 Å². The van der Waals surface area contributed by atoms with Crippen LogP contribution in [0, 0.1) is 0 Å². The van der Waals surface area contributed by atoms with Crippen molar-refractivity contribution >= 4 is 40.8 Å². The molecule has 1 aromatic rings. The van der Waals surface area contributed by atoms with E-state index < -0.39 is 5.60 Å². The molecule has 0 saturated carbocycles. The fourth-order valence-corrected chi connectivity index (χ4v) is 3.47. The molecule has 0 saturated heterocycles. The lowest BCUT2D eigenvalue weighted by atomic mass is 10.2.